The van der Waals surface area contributed by atoms with E-state index in [0.717, 1.165) is 19.5 Å². The van der Waals surface area contributed by atoms with Gasteiger partial charge in [0.15, 0.2) is 5.75 Å². The summed E-state index contributed by atoms with van der Waals surface area (Å²) in [6, 6.07) is 2.97. The summed E-state index contributed by atoms with van der Waals surface area (Å²) < 4.78 is 7.05. The Hall–Kier alpha value is -1.96. The van der Waals surface area contributed by atoms with Gasteiger partial charge in [-0.2, -0.15) is 0 Å². The number of carbonyl (C=O) groups excluding carboxylic acids is 1. The van der Waals surface area contributed by atoms with Crippen LogP contribution in [0.15, 0.2) is 35.8 Å². The molecule has 2 heterocycles. The third kappa shape index (κ3) is 6.89. The van der Waals surface area contributed by atoms with Crippen LogP contribution < -0.4 is 10.1 Å². The van der Waals surface area contributed by atoms with E-state index < -0.39 is 0 Å². The SMILES string of the molecule is C1=NCCN1.CCCN(CCOc1c(Cl)cc(Cl)cc1Cl)C(=O)n1ccnc1. The van der Waals surface area contributed by atoms with Gasteiger partial charge in [-0.15, -0.1) is 0 Å². The topological polar surface area (TPSA) is 71.8 Å². The zero-order chi connectivity index (χ0) is 20.4. The van der Waals surface area contributed by atoms with Gasteiger partial charge in [-0.3, -0.25) is 9.56 Å². The Morgan fingerprint density at radius 1 is 1.29 bits per heavy atom. The number of aliphatic imine (C=N–C) groups is 1. The number of halogens is 3. The summed E-state index contributed by atoms with van der Waals surface area (Å²) in [7, 11) is 0. The lowest BCUT2D eigenvalue weighted by molar-refractivity contribution is 0.184. The summed E-state index contributed by atoms with van der Waals surface area (Å²) in [6.07, 6.45) is 7.21. The molecule has 1 aromatic carbocycles. The van der Waals surface area contributed by atoms with Gasteiger partial charge in [0.2, 0.25) is 0 Å². The predicted octanol–water partition coefficient (Wildman–Crippen LogP) is 4.22. The molecule has 0 atom stereocenters. The Bertz CT molecular complexity index is 755. The molecule has 0 saturated heterocycles. The first-order valence-corrected chi connectivity index (χ1v) is 9.92. The largest absolute Gasteiger partial charge is 0.489 e. The molecule has 7 nitrogen and oxygen atoms in total. The number of aromatic nitrogens is 2. The minimum Gasteiger partial charge on any atom is -0.489 e. The highest BCUT2D eigenvalue weighted by Gasteiger charge is 2.15. The van der Waals surface area contributed by atoms with E-state index in [0.29, 0.717) is 33.9 Å². The molecule has 1 N–H and O–H groups in total. The van der Waals surface area contributed by atoms with Crippen molar-refractivity contribution in [3.63, 3.8) is 0 Å². The zero-order valence-corrected chi connectivity index (χ0v) is 17.7. The number of benzene rings is 1. The lowest BCUT2D eigenvalue weighted by Gasteiger charge is -2.22. The van der Waals surface area contributed by atoms with Crippen LogP contribution in [-0.2, 0) is 0 Å². The number of imidazole rings is 1. The monoisotopic (exact) mass is 445 g/mol. The molecule has 1 aliphatic heterocycles. The number of nitrogens with zero attached hydrogens (tertiary/aromatic N) is 4. The molecule has 0 unspecified atom stereocenters. The summed E-state index contributed by atoms with van der Waals surface area (Å²) in [5, 5.41) is 4.05. The molecule has 2 aromatic rings. The van der Waals surface area contributed by atoms with Gasteiger partial charge < -0.3 is 15.0 Å². The van der Waals surface area contributed by atoms with E-state index in [2.05, 4.69) is 15.3 Å². The number of hydrogen-bond acceptors (Lipinski definition) is 5. The van der Waals surface area contributed by atoms with Crippen molar-refractivity contribution in [2.75, 3.05) is 32.8 Å². The van der Waals surface area contributed by atoms with Crippen LogP contribution >= 0.6 is 34.8 Å². The van der Waals surface area contributed by atoms with Crippen molar-refractivity contribution < 1.29 is 9.53 Å². The second kappa shape index (κ2) is 11.8. The summed E-state index contributed by atoms with van der Waals surface area (Å²) >= 11 is 18.0. The number of nitrogens with one attached hydrogen (secondary N) is 1. The molecule has 28 heavy (non-hydrogen) atoms. The van der Waals surface area contributed by atoms with E-state index in [1.165, 1.54) is 10.9 Å². The number of hydrogen-bond donors (Lipinski definition) is 1. The standard InChI is InChI=1S/C15H16Cl3N3O2.C3H6N2/c1-2-4-20(15(22)21-5-3-19-10-21)6-7-23-14-12(17)8-11(16)9-13(14)18;1-2-5-3-4-1/h3,5,8-10H,2,4,6-7H2,1H3;3H,1-2H2,(H,4,5). The lowest BCUT2D eigenvalue weighted by Crippen LogP contribution is -2.37. The molecule has 152 valence electrons. The molecule has 1 aliphatic rings. The first kappa shape index (κ1) is 22.3. The zero-order valence-electron chi connectivity index (χ0n) is 15.4. The maximum atomic E-state index is 12.3. The molecule has 0 bridgehead atoms. The Balaban J connectivity index is 0.000000485. The second-order valence-corrected chi connectivity index (χ2v) is 7.03. The van der Waals surface area contributed by atoms with Crippen LogP contribution in [0.2, 0.25) is 15.1 Å². The van der Waals surface area contributed by atoms with Crippen LogP contribution in [0.5, 0.6) is 5.75 Å². The van der Waals surface area contributed by atoms with Crippen LogP contribution in [0.4, 0.5) is 4.79 Å². The predicted molar refractivity (Wildman–Crippen MR) is 113 cm³/mol. The number of amides is 1. The van der Waals surface area contributed by atoms with Gasteiger partial charge in [-0.1, -0.05) is 41.7 Å². The number of carbonyl (C=O) groups is 1. The summed E-state index contributed by atoms with van der Waals surface area (Å²) in [5.74, 6) is 0.365. The third-order valence-corrected chi connectivity index (χ3v) is 4.41. The van der Waals surface area contributed by atoms with E-state index >= 15 is 0 Å². The quantitative estimate of drug-likeness (QED) is 0.721. The minimum absolute atomic E-state index is 0.152. The minimum atomic E-state index is -0.152. The van der Waals surface area contributed by atoms with Gasteiger partial charge in [0.1, 0.15) is 12.9 Å². The van der Waals surface area contributed by atoms with Crippen molar-refractivity contribution in [3.05, 3.63) is 45.9 Å². The van der Waals surface area contributed by atoms with Gasteiger partial charge >= 0.3 is 6.03 Å². The molecule has 1 aromatic heterocycles. The smallest absolute Gasteiger partial charge is 0.329 e. The molecule has 10 heteroatoms. The van der Waals surface area contributed by atoms with Crippen molar-refractivity contribution in [2.24, 2.45) is 4.99 Å². The molecule has 3 rings (SSSR count). The maximum absolute atomic E-state index is 12.3. The van der Waals surface area contributed by atoms with Gasteiger partial charge in [-0.05, 0) is 18.6 Å². The van der Waals surface area contributed by atoms with Crippen LogP contribution in [0.3, 0.4) is 0 Å². The van der Waals surface area contributed by atoms with Gasteiger partial charge in [0, 0.05) is 30.5 Å². The van der Waals surface area contributed by atoms with E-state index in [1.807, 2.05) is 6.92 Å². The number of ether oxygens (including phenoxy) is 1. The molecule has 0 spiro atoms. The van der Waals surface area contributed by atoms with E-state index in [9.17, 15) is 4.79 Å². The summed E-state index contributed by atoms with van der Waals surface area (Å²) in [6.45, 7) is 5.27. The first-order chi connectivity index (χ1) is 13.5. The van der Waals surface area contributed by atoms with Crippen molar-refractivity contribution in [1.82, 2.24) is 19.8 Å². The van der Waals surface area contributed by atoms with Crippen LogP contribution in [-0.4, -0.2) is 59.6 Å². The van der Waals surface area contributed by atoms with Crippen molar-refractivity contribution in [3.8, 4) is 5.75 Å². The molecule has 0 fully saturated rings. The molecular formula is C18H22Cl3N5O2. The van der Waals surface area contributed by atoms with Gasteiger partial charge in [-0.25, -0.2) is 9.78 Å². The fourth-order valence-electron chi connectivity index (χ4n) is 2.36. The molecule has 0 aliphatic carbocycles. The first-order valence-electron chi connectivity index (χ1n) is 8.79. The Labute approximate surface area is 179 Å². The summed E-state index contributed by atoms with van der Waals surface area (Å²) in [4.78, 5) is 21.7. The van der Waals surface area contributed by atoms with Crippen LogP contribution in [0, 0.1) is 0 Å². The molecular weight excluding hydrogens is 425 g/mol. The van der Waals surface area contributed by atoms with E-state index in [-0.39, 0.29) is 12.6 Å². The molecule has 0 saturated carbocycles. The van der Waals surface area contributed by atoms with Crippen LogP contribution in [0.25, 0.3) is 0 Å². The van der Waals surface area contributed by atoms with Crippen molar-refractivity contribution in [2.45, 2.75) is 13.3 Å². The maximum Gasteiger partial charge on any atom is 0.329 e. The van der Waals surface area contributed by atoms with Crippen molar-refractivity contribution >= 4 is 47.2 Å². The number of rotatable bonds is 6. The summed E-state index contributed by atoms with van der Waals surface area (Å²) in [5.41, 5.74) is 0. The fraction of sp³-hybridized carbons (Fsp3) is 0.389. The normalized spacial score (nSPS) is 12.1. The van der Waals surface area contributed by atoms with E-state index in [1.54, 1.807) is 35.8 Å². The Morgan fingerprint density at radius 2 is 2.04 bits per heavy atom. The van der Waals surface area contributed by atoms with E-state index in [4.69, 9.17) is 39.5 Å². The highest BCUT2D eigenvalue weighted by molar-refractivity contribution is 6.40. The highest BCUT2D eigenvalue weighted by Crippen LogP contribution is 2.35. The second-order valence-electron chi connectivity index (χ2n) is 5.78. The highest BCUT2D eigenvalue weighted by atomic mass is 35.5. The van der Waals surface area contributed by atoms with Crippen molar-refractivity contribution in [1.29, 1.82) is 0 Å². The van der Waals surface area contributed by atoms with Gasteiger partial charge in [0.05, 0.1) is 29.5 Å². The molecule has 1 amide bonds. The average Bonchev–Trinajstić information content (AvgIpc) is 3.38. The van der Waals surface area contributed by atoms with Gasteiger partial charge in [0.25, 0.3) is 0 Å². The third-order valence-electron chi connectivity index (χ3n) is 3.63. The lowest BCUT2D eigenvalue weighted by atomic mass is 10.3. The Morgan fingerprint density at radius 3 is 2.54 bits per heavy atom. The average molecular weight is 447 g/mol. The molecule has 0 radical (unpaired) electrons. The van der Waals surface area contributed by atoms with Crippen LogP contribution in [0.1, 0.15) is 13.3 Å². The Kier molecular flexibility index (Phi) is 9.40. The fourth-order valence-corrected chi connectivity index (χ4v) is 3.28.